The van der Waals surface area contributed by atoms with Crippen LogP contribution in [0.4, 0.5) is 19.3 Å². The summed E-state index contributed by atoms with van der Waals surface area (Å²) in [6.07, 6.45) is 4.34. The van der Waals surface area contributed by atoms with Gasteiger partial charge >= 0.3 is 12.6 Å². The molecule has 2 N–H and O–H groups in total. The number of carbonyl (C=O) groups excluding carboxylic acids is 1. The van der Waals surface area contributed by atoms with Gasteiger partial charge in [0.25, 0.3) is 0 Å². The topological polar surface area (TPSA) is 59.6 Å². The highest BCUT2D eigenvalue weighted by atomic mass is 19.3. The van der Waals surface area contributed by atoms with Gasteiger partial charge in [-0.3, -0.25) is 0 Å². The van der Waals surface area contributed by atoms with E-state index in [0.29, 0.717) is 11.6 Å². The number of amides is 2. The largest absolute Gasteiger partial charge is 0.493 e. The van der Waals surface area contributed by atoms with Gasteiger partial charge in [0.2, 0.25) is 0 Å². The zero-order chi connectivity index (χ0) is 16.8. The minimum atomic E-state index is -2.96. The van der Waals surface area contributed by atoms with Crippen LogP contribution in [-0.2, 0) is 0 Å². The first-order valence-electron chi connectivity index (χ1n) is 7.70. The van der Waals surface area contributed by atoms with Crippen LogP contribution < -0.4 is 20.1 Å². The first-order valence-corrected chi connectivity index (χ1v) is 7.70. The fourth-order valence-corrected chi connectivity index (χ4v) is 2.81. The van der Waals surface area contributed by atoms with Crippen molar-refractivity contribution in [3.63, 3.8) is 0 Å². The number of halogens is 2. The molecule has 2 rings (SSSR count). The fraction of sp³-hybridized carbons (Fsp3) is 0.562. The van der Waals surface area contributed by atoms with Gasteiger partial charge in [0.1, 0.15) is 0 Å². The van der Waals surface area contributed by atoms with Gasteiger partial charge in [0.15, 0.2) is 11.5 Å². The third kappa shape index (κ3) is 4.97. The lowest BCUT2D eigenvalue weighted by atomic mass is 9.86. The lowest BCUT2D eigenvalue weighted by Gasteiger charge is -2.29. The second-order valence-electron chi connectivity index (χ2n) is 5.71. The number of ether oxygens (including phenoxy) is 2. The predicted molar refractivity (Wildman–Crippen MR) is 83.2 cm³/mol. The summed E-state index contributed by atoms with van der Waals surface area (Å²) in [6, 6.07) is 4.14. The molecule has 1 aromatic carbocycles. The Kier molecular flexibility index (Phi) is 6.01. The molecule has 23 heavy (non-hydrogen) atoms. The Morgan fingerprint density at radius 2 is 2.00 bits per heavy atom. The van der Waals surface area contributed by atoms with Crippen molar-refractivity contribution in [3.05, 3.63) is 18.2 Å². The molecule has 0 aromatic heterocycles. The van der Waals surface area contributed by atoms with Gasteiger partial charge in [-0.1, -0.05) is 19.8 Å². The van der Waals surface area contributed by atoms with E-state index in [1.807, 2.05) is 0 Å². The number of benzene rings is 1. The van der Waals surface area contributed by atoms with Crippen molar-refractivity contribution in [2.24, 2.45) is 5.92 Å². The van der Waals surface area contributed by atoms with Crippen LogP contribution in [0.2, 0.25) is 0 Å². The first kappa shape index (κ1) is 17.3. The Labute approximate surface area is 134 Å². The van der Waals surface area contributed by atoms with Crippen molar-refractivity contribution < 1.29 is 23.0 Å². The second-order valence-corrected chi connectivity index (χ2v) is 5.71. The second kappa shape index (κ2) is 7.99. The molecule has 0 bridgehead atoms. The van der Waals surface area contributed by atoms with E-state index >= 15 is 0 Å². The maximum Gasteiger partial charge on any atom is 0.387 e. The summed E-state index contributed by atoms with van der Waals surface area (Å²) in [5.74, 6) is 0.492. The lowest BCUT2D eigenvalue weighted by molar-refractivity contribution is -0.0511. The summed E-state index contributed by atoms with van der Waals surface area (Å²) in [4.78, 5) is 12.1. The number of alkyl halides is 2. The molecule has 0 unspecified atom stereocenters. The van der Waals surface area contributed by atoms with Crippen molar-refractivity contribution in [2.45, 2.75) is 45.3 Å². The van der Waals surface area contributed by atoms with E-state index in [9.17, 15) is 13.6 Å². The van der Waals surface area contributed by atoms with Crippen molar-refractivity contribution in [1.82, 2.24) is 5.32 Å². The van der Waals surface area contributed by atoms with Gasteiger partial charge in [-0.05, 0) is 30.9 Å². The van der Waals surface area contributed by atoms with Crippen molar-refractivity contribution in [2.75, 3.05) is 12.4 Å². The van der Waals surface area contributed by atoms with Crippen molar-refractivity contribution >= 4 is 11.7 Å². The Hall–Kier alpha value is -2.05. The molecule has 1 aromatic rings. The van der Waals surface area contributed by atoms with E-state index in [-0.39, 0.29) is 23.6 Å². The predicted octanol–water partition coefficient (Wildman–Crippen LogP) is 4.00. The molecule has 0 aliphatic heterocycles. The maximum absolute atomic E-state index is 12.4. The maximum atomic E-state index is 12.4. The number of carbonyl (C=O) groups is 1. The number of rotatable bonds is 5. The van der Waals surface area contributed by atoms with Gasteiger partial charge in [-0.15, -0.1) is 0 Å². The minimum Gasteiger partial charge on any atom is -0.493 e. The van der Waals surface area contributed by atoms with Crippen LogP contribution >= 0.6 is 0 Å². The number of hydrogen-bond donors (Lipinski definition) is 2. The van der Waals surface area contributed by atoms with Gasteiger partial charge in [-0.25, -0.2) is 4.79 Å². The third-order valence-corrected chi connectivity index (χ3v) is 4.07. The molecule has 1 aliphatic carbocycles. The molecule has 0 saturated heterocycles. The van der Waals surface area contributed by atoms with E-state index in [1.165, 1.54) is 25.7 Å². The smallest absolute Gasteiger partial charge is 0.387 e. The Balaban J connectivity index is 1.99. The average Bonchev–Trinajstić information content (AvgIpc) is 2.49. The summed E-state index contributed by atoms with van der Waals surface area (Å²) in [5, 5.41) is 5.58. The van der Waals surface area contributed by atoms with E-state index in [1.54, 1.807) is 6.07 Å². The molecule has 0 heterocycles. The van der Waals surface area contributed by atoms with Crippen LogP contribution in [0, 0.1) is 5.92 Å². The van der Waals surface area contributed by atoms with Gasteiger partial charge in [0, 0.05) is 17.8 Å². The standard InChI is InChI=1S/C16H22F2N2O3/c1-10-5-3-4-6-12(10)20-16(21)19-11-7-8-13(22-2)14(9-11)23-15(17)18/h7-10,12,15H,3-6H2,1-2H3,(H2,19,20,21)/t10-,12-/m0/s1. The molecule has 0 spiro atoms. The highest BCUT2D eigenvalue weighted by Crippen LogP contribution is 2.31. The third-order valence-electron chi connectivity index (χ3n) is 4.07. The molecule has 1 saturated carbocycles. The Morgan fingerprint density at radius 3 is 2.65 bits per heavy atom. The molecule has 5 nitrogen and oxygen atoms in total. The van der Waals surface area contributed by atoms with Crippen molar-refractivity contribution in [3.8, 4) is 11.5 Å². The Bertz CT molecular complexity index is 540. The summed E-state index contributed by atoms with van der Waals surface area (Å²) >= 11 is 0. The van der Waals surface area contributed by atoms with Crippen LogP contribution in [0.3, 0.4) is 0 Å². The van der Waals surface area contributed by atoms with E-state index in [4.69, 9.17) is 4.74 Å². The zero-order valence-electron chi connectivity index (χ0n) is 13.3. The van der Waals surface area contributed by atoms with Crippen LogP contribution in [0.1, 0.15) is 32.6 Å². The fourth-order valence-electron chi connectivity index (χ4n) is 2.81. The van der Waals surface area contributed by atoms with Crippen molar-refractivity contribution in [1.29, 1.82) is 0 Å². The summed E-state index contributed by atoms with van der Waals surface area (Å²) in [6.45, 7) is -0.845. The summed E-state index contributed by atoms with van der Waals surface area (Å²) < 4.78 is 34.2. The minimum absolute atomic E-state index is 0.119. The number of anilines is 1. The lowest BCUT2D eigenvalue weighted by Crippen LogP contribution is -2.43. The van der Waals surface area contributed by atoms with Crippen LogP contribution in [0.25, 0.3) is 0 Å². The number of hydrogen-bond acceptors (Lipinski definition) is 3. The monoisotopic (exact) mass is 328 g/mol. The molecule has 2 amide bonds. The summed E-state index contributed by atoms with van der Waals surface area (Å²) in [7, 11) is 1.36. The van der Waals surface area contributed by atoms with Crippen LogP contribution in [-0.4, -0.2) is 25.8 Å². The highest BCUT2D eigenvalue weighted by Gasteiger charge is 2.23. The van der Waals surface area contributed by atoms with Gasteiger partial charge in [0.05, 0.1) is 7.11 Å². The van der Waals surface area contributed by atoms with Crippen LogP contribution in [0.5, 0.6) is 11.5 Å². The highest BCUT2D eigenvalue weighted by molar-refractivity contribution is 5.89. The molecule has 2 atom stereocenters. The number of nitrogens with one attached hydrogen (secondary N) is 2. The molecular formula is C16H22F2N2O3. The SMILES string of the molecule is COc1ccc(NC(=O)N[C@H]2CCCC[C@@H]2C)cc1OC(F)F. The summed E-state index contributed by atoms with van der Waals surface area (Å²) in [5.41, 5.74) is 0.363. The van der Waals surface area contributed by atoms with Crippen LogP contribution in [0.15, 0.2) is 18.2 Å². The van der Waals surface area contributed by atoms with Gasteiger partial charge in [-0.2, -0.15) is 8.78 Å². The van der Waals surface area contributed by atoms with E-state index in [2.05, 4.69) is 22.3 Å². The zero-order valence-corrected chi connectivity index (χ0v) is 13.3. The normalized spacial score (nSPS) is 20.9. The first-order chi connectivity index (χ1) is 11.0. The molecule has 1 aliphatic rings. The Morgan fingerprint density at radius 1 is 1.26 bits per heavy atom. The molecule has 1 fully saturated rings. The van der Waals surface area contributed by atoms with Gasteiger partial charge < -0.3 is 20.1 Å². The number of methoxy groups -OCH3 is 1. The molecule has 7 heteroatoms. The number of urea groups is 1. The molecule has 128 valence electrons. The average molecular weight is 328 g/mol. The molecule has 0 radical (unpaired) electrons. The molecular weight excluding hydrogens is 306 g/mol. The van der Waals surface area contributed by atoms with E-state index < -0.39 is 6.61 Å². The van der Waals surface area contributed by atoms with E-state index in [0.717, 1.165) is 19.3 Å². The quantitative estimate of drug-likeness (QED) is 0.859.